The van der Waals surface area contributed by atoms with Crippen LogP contribution in [0.1, 0.15) is 50.5 Å². The minimum Gasteiger partial charge on any atom is -0.496 e. The van der Waals surface area contributed by atoms with E-state index in [0.29, 0.717) is 76.9 Å². The molecule has 6 rings (SSSR count). The van der Waals surface area contributed by atoms with Crippen LogP contribution in [0.3, 0.4) is 0 Å². The number of amides is 3. The molecule has 1 fully saturated rings. The minimum atomic E-state index is -1.11. The predicted octanol–water partition coefficient (Wildman–Crippen LogP) is 8.62. The lowest BCUT2D eigenvalue weighted by molar-refractivity contribution is -0.00923. The van der Waals surface area contributed by atoms with Gasteiger partial charge in [-0.2, -0.15) is 9.27 Å². The van der Waals surface area contributed by atoms with E-state index in [1.807, 2.05) is 36.4 Å². The van der Waals surface area contributed by atoms with Crippen LogP contribution in [0.2, 0.25) is 0 Å². The number of hydrogen-bond donors (Lipinski definition) is 6. The van der Waals surface area contributed by atoms with Gasteiger partial charge in [-0.25, -0.2) is 9.78 Å². The van der Waals surface area contributed by atoms with E-state index >= 15 is 0 Å². The lowest BCUT2D eigenvalue weighted by Gasteiger charge is -2.40. The van der Waals surface area contributed by atoms with Gasteiger partial charge in [-0.1, -0.05) is 45.0 Å². The number of nitrogens with zero attached hydrogens (tertiary/aromatic N) is 2. The van der Waals surface area contributed by atoms with E-state index < -0.39 is 17.4 Å². The molecule has 4 aromatic carbocycles. The molecule has 14 nitrogen and oxygen atoms in total. The van der Waals surface area contributed by atoms with Crippen LogP contribution in [0.5, 0.6) is 23.0 Å². The first kappa shape index (κ1) is 42.9. The van der Waals surface area contributed by atoms with Crippen LogP contribution in [0.15, 0.2) is 85.1 Å². The van der Waals surface area contributed by atoms with Crippen molar-refractivity contribution in [2.45, 2.75) is 45.6 Å². The molecule has 0 spiro atoms. The maximum Gasteiger partial charge on any atom is 0.323 e. The smallest absolute Gasteiger partial charge is 0.323 e. The van der Waals surface area contributed by atoms with Crippen molar-refractivity contribution in [1.82, 2.24) is 15.2 Å². The Labute approximate surface area is 348 Å². The quantitative estimate of drug-likeness (QED) is 0.0594. The highest BCUT2D eigenvalue weighted by Gasteiger charge is 2.29. The van der Waals surface area contributed by atoms with Gasteiger partial charge in [-0.05, 0) is 67.3 Å². The lowest BCUT2D eigenvalue weighted by Crippen LogP contribution is -2.55. The van der Waals surface area contributed by atoms with Crippen LogP contribution in [0.25, 0.3) is 10.8 Å². The fourth-order valence-corrected chi connectivity index (χ4v) is 7.27. The molecule has 5 aromatic rings. The van der Waals surface area contributed by atoms with Gasteiger partial charge >= 0.3 is 6.03 Å². The molecule has 1 saturated heterocycles. The zero-order chi connectivity index (χ0) is 42.3. The van der Waals surface area contributed by atoms with Crippen molar-refractivity contribution in [2.24, 2.45) is 0 Å². The molecule has 3 amide bonds. The summed E-state index contributed by atoms with van der Waals surface area (Å²) in [4.78, 5) is 33.6. The number of nitrogens with one attached hydrogen (secondary N) is 5. The third-order valence-electron chi connectivity index (χ3n) is 10.0. The lowest BCUT2D eigenvalue weighted by atomic mass is 9.86. The van der Waals surface area contributed by atoms with Crippen LogP contribution in [0.4, 0.5) is 33.4 Å². The number of rotatable bonds is 14. The van der Waals surface area contributed by atoms with Crippen molar-refractivity contribution in [3.63, 3.8) is 0 Å². The number of ether oxygens (including phenoxy) is 4. The second-order valence-corrected chi connectivity index (χ2v) is 16.9. The molecule has 0 radical (unpaired) electrons. The van der Waals surface area contributed by atoms with Gasteiger partial charge in [0.25, 0.3) is 17.3 Å². The summed E-state index contributed by atoms with van der Waals surface area (Å²) in [6, 6.07) is 23.4. The monoisotopic (exact) mass is 824 g/mol. The van der Waals surface area contributed by atoms with Crippen molar-refractivity contribution >= 4 is 62.6 Å². The highest BCUT2D eigenvalue weighted by Crippen LogP contribution is 2.40. The summed E-state index contributed by atoms with van der Waals surface area (Å²) in [5, 5.41) is 13.8. The Morgan fingerprint density at radius 2 is 1.56 bits per heavy atom. The Hall–Kier alpha value is -5.74. The third kappa shape index (κ3) is 10.7. The number of aromatic nitrogens is 1. The molecular formula is C44H54N7O7S+. The van der Waals surface area contributed by atoms with Crippen LogP contribution >= 0.6 is 0 Å². The van der Waals surface area contributed by atoms with Gasteiger partial charge in [0.2, 0.25) is 0 Å². The number of morpholine rings is 1. The maximum absolute atomic E-state index is 13.5. The van der Waals surface area contributed by atoms with Crippen LogP contribution < -0.4 is 40.2 Å². The molecule has 1 atom stereocenters. The zero-order valence-corrected chi connectivity index (χ0v) is 35.6. The standard InChI is InChI=1S/C44H53N7O7S/c1-43(2,3)28-23-35(40(56-7)36(24-28)50-59(8)54)49-42(53)48-34-15-16-37(32-12-10-9-11-31(32)34)58-30-17-18-45-39(26-30)47-29-13-14-33(38(25-29)55-6)41(52)46-27-44(4,5)51-19-21-57-22-20-51/h9-18,23-26,50,54H,19-22,27H2,1-8H3,(H3-,45,46,47,48,49,52,53)/p+1. The molecule has 6 N–H and O–H groups in total. The summed E-state index contributed by atoms with van der Waals surface area (Å²) in [5.74, 6) is 2.24. The molecule has 59 heavy (non-hydrogen) atoms. The number of benzene rings is 4. The molecule has 0 bridgehead atoms. The van der Waals surface area contributed by atoms with E-state index in [0.717, 1.165) is 29.4 Å². The molecule has 1 unspecified atom stereocenters. The molecule has 1 aliphatic rings. The van der Waals surface area contributed by atoms with Crippen LogP contribution in [-0.2, 0) is 21.5 Å². The second kappa shape index (κ2) is 18.5. The van der Waals surface area contributed by atoms with E-state index in [9.17, 15) is 14.1 Å². The van der Waals surface area contributed by atoms with E-state index in [4.69, 9.17) is 18.9 Å². The molecule has 1 aliphatic heterocycles. The molecule has 0 aliphatic carbocycles. The Bertz CT molecular complexity index is 2290. The number of carbonyl (C=O) groups is 2. The Morgan fingerprint density at radius 1 is 0.847 bits per heavy atom. The summed E-state index contributed by atoms with van der Waals surface area (Å²) in [7, 11) is 3.06. The van der Waals surface area contributed by atoms with Gasteiger partial charge in [0.15, 0.2) is 12.0 Å². The van der Waals surface area contributed by atoms with E-state index in [1.54, 1.807) is 54.9 Å². The molecule has 0 saturated carbocycles. The summed E-state index contributed by atoms with van der Waals surface area (Å²) in [6.07, 6.45) is 3.28. The number of fused-ring (bicyclic) bond motifs is 1. The molecule has 15 heteroatoms. The first-order valence-corrected chi connectivity index (χ1v) is 20.9. The van der Waals surface area contributed by atoms with Crippen molar-refractivity contribution in [3.05, 3.63) is 96.2 Å². The normalized spacial score (nSPS) is 13.9. The topological polar surface area (TPSA) is 168 Å². The number of pyridine rings is 1. The highest BCUT2D eigenvalue weighted by atomic mass is 32.2. The van der Waals surface area contributed by atoms with Gasteiger partial charge in [0.05, 0.1) is 44.4 Å². The van der Waals surface area contributed by atoms with E-state index in [-0.39, 0.29) is 16.9 Å². The first-order valence-electron chi connectivity index (χ1n) is 19.3. The van der Waals surface area contributed by atoms with E-state index in [1.165, 1.54) is 14.2 Å². The average molecular weight is 825 g/mol. The summed E-state index contributed by atoms with van der Waals surface area (Å²) < 4.78 is 36.3. The number of methoxy groups -OCH3 is 2. The Morgan fingerprint density at radius 3 is 2.25 bits per heavy atom. The largest absolute Gasteiger partial charge is 0.496 e. The molecular weight excluding hydrogens is 771 g/mol. The molecule has 2 heterocycles. The van der Waals surface area contributed by atoms with Crippen molar-refractivity contribution in [1.29, 1.82) is 0 Å². The number of urea groups is 1. The van der Waals surface area contributed by atoms with E-state index in [2.05, 4.69) is 70.5 Å². The SMILES string of the molecule is COc1cc(Nc2cc(Oc3ccc(NC(=O)Nc4cc(C(C)(C)C)cc(N[S+](C)O)c4OC)c4ccccc34)ccn2)ccc1C(=O)NCC(C)(C)N1CCOCC1. The number of hydrogen-bond acceptors (Lipinski definition) is 11. The fourth-order valence-electron chi connectivity index (χ4n) is 6.80. The van der Waals surface area contributed by atoms with Crippen molar-refractivity contribution < 1.29 is 33.1 Å². The predicted molar refractivity (Wildman–Crippen MR) is 237 cm³/mol. The maximum atomic E-state index is 13.5. The zero-order valence-electron chi connectivity index (χ0n) is 34.8. The molecule has 1 aromatic heterocycles. The first-order chi connectivity index (χ1) is 28.1. The van der Waals surface area contributed by atoms with Gasteiger partial charge in [0, 0.05) is 60.0 Å². The number of carbonyl (C=O) groups excluding carboxylic acids is 2. The van der Waals surface area contributed by atoms with Gasteiger partial charge < -0.3 is 40.2 Å². The third-order valence-corrected chi connectivity index (χ3v) is 10.5. The average Bonchev–Trinajstić information content (AvgIpc) is 3.20. The molecule has 312 valence electrons. The summed E-state index contributed by atoms with van der Waals surface area (Å²) in [6.45, 7) is 13.9. The van der Waals surface area contributed by atoms with Gasteiger partial charge in [-0.15, -0.1) is 0 Å². The number of anilines is 5. The Kier molecular flexibility index (Phi) is 13.4. The van der Waals surface area contributed by atoms with Crippen LogP contribution in [0, 0.1) is 0 Å². The Balaban J connectivity index is 1.15. The van der Waals surface area contributed by atoms with Crippen molar-refractivity contribution in [2.75, 3.05) is 74.0 Å². The highest BCUT2D eigenvalue weighted by molar-refractivity contribution is 7.92. The second-order valence-electron chi connectivity index (χ2n) is 15.8. The fraction of sp³-hybridized carbons (Fsp3) is 0.341. The van der Waals surface area contributed by atoms with Gasteiger partial charge in [0.1, 0.15) is 28.8 Å². The summed E-state index contributed by atoms with van der Waals surface area (Å²) >= 11 is -1.11. The summed E-state index contributed by atoms with van der Waals surface area (Å²) in [5.41, 5.74) is 3.18. The minimum absolute atomic E-state index is 0.219. The van der Waals surface area contributed by atoms with Crippen molar-refractivity contribution in [3.8, 4) is 23.0 Å². The van der Waals surface area contributed by atoms with Crippen LogP contribution in [-0.4, -0.2) is 85.2 Å². The van der Waals surface area contributed by atoms with Gasteiger partial charge in [-0.3, -0.25) is 9.69 Å².